The minimum absolute atomic E-state index is 0.124. The van der Waals surface area contributed by atoms with Gasteiger partial charge < -0.3 is 9.80 Å². The van der Waals surface area contributed by atoms with Gasteiger partial charge in [0, 0.05) is 65.9 Å². The fourth-order valence-electron chi connectivity index (χ4n) is 4.42. The Morgan fingerprint density at radius 2 is 1.55 bits per heavy atom. The molecule has 0 bridgehead atoms. The Kier molecular flexibility index (Phi) is 7.76. The lowest BCUT2D eigenvalue weighted by molar-refractivity contribution is -0.137. The largest absolute Gasteiger partial charge is 0.368 e. The number of carbonyl (C=O) groups excluding carboxylic acids is 1. The Balaban J connectivity index is 1.29. The zero-order chi connectivity index (χ0) is 23.6. The molecule has 0 spiro atoms. The highest BCUT2D eigenvalue weighted by molar-refractivity contribution is 7.88. The molecule has 2 heterocycles. The second-order valence-electron chi connectivity index (χ2n) is 8.46. The number of nitrogens with zero attached hydrogens (tertiary/aromatic N) is 3. The molecule has 2 aromatic rings. The Morgan fingerprint density at radius 1 is 0.879 bits per heavy atom. The molecule has 0 atom stereocenters. The maximum Gasteiger partial charge on any atom is 0.225 e. The molecule has 2 aromatic carbocycles. The summed E-state index contributed by atoms with van der Waals surface area (Å²) in [7, 11) is -3.52. The summed E-state index contributed by atoms with van der Waals surface area (Å²) in [5.74, 6) is -0.195. The first-order chi connectivity index (χ1) is 15.7. The smallest absolute Gasteiger partial charge is 0.225 e. The highest BCUT2D eigenvalue weighted by Crippen LogP contribution is 2.28. The van der Waals surface area contributed by atoms with Gasteiger partial charge in [-0.2, -0.15) is 0 Å². The minimum Gasteiger partial charge on any atom is -0.368 e. The molecule has 2 aliphatic rings. The van der Waals surface area contributed by atoms with Gasteiger partial charge in [0.05, 0.1) is 5.75 Å². The fraction of sp³-hybridized carbons (Fsp3) is 0.435. The summed E-state index contributed by atoms with van der Waals surface area (Å²) in [6, 6.07) is 12.6. The molecule has 1 amide bonds. The Labute approximate surface area is 210 Å². The first kappa shape index (κ1) is 24.6. The number of sulfonamides is 1. The van der Waals surface area contributed by atoms with Crippen LogP contribution in [0, 0.1) is 5.92 Å². The van der Waals surface area contributed by atoms with E-state index in [1.807, 2.05) is 29.2 Å². The number of halogens is 3. The van der Waals surface area contributed by atoms with Crippen LogP contribution in [0.5, 0.6) is 0 Å². The van der Waals surface area contributed by atoms with E-state index in [2.05, 4.69) is 4.90 Å². The van der Waals surface area contributed by atoms with Gasteiger partial charge in [-0.1, -0.05) is 46.9 Å². The van der Waals surface area contributed by atoms with Gasteiger partial charge in [0.25, 0.3) is 0 Å². The van der Waals surface area contributed by atoms with Crippen molar-refractivity contribution in [3.05, 3.63) is 63.1 Å². The maximum atomic E-state index is 13.1. The van der Waals surface area contributed by atoms with Gasteiger partial charge >= 0.3 is 0 Å². The predicted molar refractivity (Wildman–Crippen MR) is 134 cm³/mol. The maximum absolute atomic E-state index is 13.1. The fourth-order valence-corrected chi connectivity index (χ4v) is 6.76. The van der Waals surface area contributed by atoms with Crippen molar-refractivity contribution in [3.63, 3.8) is 0 Å². The molecule has 0 aromatic heterocycles. The van der Waals surface area contributed by atoms with Gasteiger partial charge in [-0.25, -0.2) is 12.7 Å². The van der Waals surface area contributed by atoms with E-state index in [0.717, 1.165) is 18.8 Å². The molecule has 0 radical (unpaired) electrons. The van der Waals surface area contributed by atoms with Gasteiger partial charge in [-0.15, -0.1) is 0 Å². The van der Waals surface area contributed by atoms with E-state index in [-0.39, 0.29) is 17.6 Å². The van der Waals surface area contributed by atoms with Crippen LogP contribution in [0.1, 0.15) is 18.4 Å². The van der Waals surface area contributed by atoms with Crippen molar-refractivity contribution in [2.24, 2.45) is 5.92 Å². The van der Waals surface area contributed by atoms with Crippen molar-refractivity contribution in [1.82, 2.24) is 9.21 Å². The highest BCUT2D eigenvalue weighted by atomic mass is 35.5. The average Bonchev–Trinajstić information content (AvgIpc) is 2.81. The van der Waals surface area contributed by atoms with Crippen molar-refractivity contribution >= 4 is 56.4 Å². The summed E-state index contributed by atoms with van der Waals surface area (Å²) in [4.78, 5) is 17.2. The quantitative estimate of drug-likeness (QED) is 0.570. The van der Waals surface area contributed by atoms with Gasteiger partial charge in [0.15, 0.2) is 0 Å². The van der Waals surface area contributed by atoms with Crippen molar-refractivity contribution in [1.29, 1.82) is 0 Å². The van der Waals surface area contributed by atoms with Gasteiger partial charge in [0.2, 0.25) is 15.9 Å². The van der Waals surface area contributed by atoms with Crippen LogP contribution in [0.25, 0.3) is 0 Å². The number of piperidine rings is 1. The second-order valence-corrected chi connectivity index (χ2v) is 11.7. The predicted octanol–water partition coefficient (Wildman–Crippen LogP) is 4.54. The van der Waals surface area contributed by atoms with Gasteiger partial charge in [-0.3, -0.25) is 4.79 Å². The van der Waals surface area contributed by atoms with Crippen molar-refractivity contribution in [2.45, 2.75) is 18.6 Å². The number of benzene rings is 2. The summed E-state index contributed by atoms with van der Waals surface area (Å²) >= 11 is 18.2. The van der Waals surface area contributed by atoms with Crippen LogP contribution in [0.4, 0.5) is 5.69 Å². The third kappa shape index (κ3) is 5.95. The number of amides is 1. The molecular weight excluding hydrogens is 505 g/mol. The molecule has 2 fully saturated rings. The molecule has 33 heavy (non-hydrogen) atoms. The zero-order valence-corrected chi connectivity index (χ0v) is 21.2. The van der Waals surface area contributed by atoms with Crippen LogP contribution in [0.15, 0.2) is 42.5 Å². The van der Waals surface area contributed by atoms with E-state index >= 15 is 0 Å². The molecule has 2 aliphatic heterocycles. The molecule has 0 N–H and O–H groups in total. The lowest BCUT2D eigenvalue weighted by Gasteiger charge is -2.39. The summed E-state index contributed by atoms with van der Waals surface area (Å²) in [5.41, 5.74) is 1.59. The molecule has 6 nitrogen and oxygen atoms in total. The topological polar surface area (TPSA) is 60.9 Å². The zero-order valence-electron chi connectivity index (χ0n) is 18.1. The summed E-state index contributed by atoms with van der Waals surface area (Å²) in [6.45, 7) is 3.49. The third-order valence-corrected chi connectivity index (χ3v) is 8.96. The molecular formula is C23H26Cl3N3O3S. The Bertz CT molecular complexity index is 1110. The van der Waals surface area contributed by atoms with Crippen LogP contribution < -0.4 is 4.90 Å². The van der Waals surface area contributed by atoms with Crippen LogP contribution in [0.2, 0.25) is 15.1 Å². The summed E-state index contributed by atoms with van der Waals surface area (Å²) < 4.78 is 27.2. The van der Waals surface area contributed by atoms with E-state index in [9.17, 15) is 13.2 Å². The SMILES string of the molecule is O=C(C1CCN(S(=O)(=O)Cc2ccc(Cl)cc2Cl)CC1)N1CCN(c2cccc(Cl)c2)CC1. The lowest BCUT2D eigenvalue weighted by atomic mass is 9.96. The molecule has 0 aliphatic carbocycles. The number of rotatable bonds is 5. The number of hydrogen-bond donors (Lipinski definition) is 0. The molecule has 4 rings (SSSR count). The monoisotopic (exact) mass is 529 g/mol. The van der Waals surface area contributed by atoms with E-state index < -0.39 is 10.0 Å². The standard InChI is InChI=1S/C23H26Cl3N3O3S/c24-19-2-1-3-21(14-19)27-10-12-28(13-11-27)23(30)17-6-8-29(9-7-17)33(31,32)16-18-4-5-20(25)15-22(18)26/h1-5,14-15,17H,6-13,16H2. The first-order valence-electron chi connectivity index (χ1n) is 10.9. The van der Waals surface area contributed by atoms with Gasteiger partial charge in [-0.05, 0) is 48.7 Å². The van der Waals surface area contributed by atoms with Crippen LogP contribution >= 0.6 is 34.8 Å². The van der Waals surface area contributed by atoms with E-state index in [0.29, 0.717) is 59.7 Å². The third-order valence-electron chi connectivity index (χ3n) is 6.31. The van der Waals surface area contributed by atoms with Crippen molar-refractivity contribution in [3.8, 4) is 0 Å². The molecule has 178 valence electrons. The van der Waals surface area contributed by atoms with Crippen LogP contribution in [-0.4, -0.2) is 62.8 Å². The lowest BCUT2D eigenvalue weighted by Crippen LogP contribution is -2.52. The molecule has 0 saturated carbocycles. The van der Waals surface area contributed by atoms with E-state index in [4.69, 9.17) is 34.8 Å². The van der Waals surface area contributed by atoms with Crippen LogP contribution in [0.3, 0.4) is 0 Å². The Morgan fingerprint density at radius 3 is 2.18 bits per heavy atom. The average molecular weight is 531 g/mol. The Hall–Kier alpha value is -1.51. The second kappa shape index (κ2) is 10.4. The first-order valence-corrected chi connectivity index (χ1v) is 13.7. The normalized spacial score (nSPS) is 18.5. The summed E-state index contributed by atoms with van der Waals surface area (Å²) in [5, 5.41) is 1.51. The molecule has 0 unspecified atom stereocenters. The van der Waals surface area contributed by atoms with Crippen molar-refractivity contribution in [2.75, 3.05) is 44.2 Å². The van der Waals surface area contributed by atoms with E-state index in [1.165, 1.54) is 4.31 Å². The number of anilines is 1. The highest BCUT2D eigenvalue weighted by Gasteiger charge is 2.34. The van der Waals surface area contributed by atoms with Crippen molar-refractivity contribution < 1.29 is 13.2 Å². The number of hydrogen-bond acceptors (Lipinski definition) is 4. The number of carbonyl (C=O) groups is 1. The number of piperazine rings is 1. The van der Waals surface area contributed by atoms with Crippen LogP contribution in [-0.2, 0) is 20.6 Å². The van der Waals surface area contributed by atoms with Gasteiger partial charge in [0.1, 0.15) is 0 Å². The van der Waals surface area contributed by atoms with E-state index in [1.54, 1.807) is 18.2 Å². The summed E-state index contributed by atoms with van der Waals surface area (Å²) in [6.07, 6.45) is 1.06. The molecule has 2 saturated heterocycles. The molecule has 10 heteroatoms. The minimum atomic E-state index is -3.52.